The summed E-state index contributed by atoms with van der Waals surface area (Å²) in [6, 6.07) is 5.90. The zero-order valence-electron chi connectivity index (χ0n) is 8.37. The molecule has 0 radical (unpaired) electrons. The fraction of sp³-hybridized carbons (Fsp3) is 0.300. The van der Waals surface area contributed by atoms with Gasteiger partial charge in [-0.25, -0.2) is 4.39 Å². The van der Waals surface area contributed by atoms with Gasteiger partial charge < -0.3 is 15.8 Å². The Labute approximate surface area is 87.2 Å². The third-order valence-corrected chi connectivity index (χ3v) is 1.92. The summed E-state index contributed by atoms with van der Waals surface area (Å²) in [7, 11) is 1.37. The summed E-state index contributed by atoms with van der Waals surface area (Å²) in [5, 5.41) is 2.39. The van der Waals surface area contributed by atoms with Crippen LogP contribution in [0.1, 0.15) is 0 Å². The summed E-state index contributed by atoms with van der Waals surface area (Å²) in [5.41, 5.74) is 5.42. The molecule has 0 fully saturated rings. The van der Waals surface area contributed by atoms with Crippen molar-refractivity contribution in [2.24, 2.45) is 5.73 Å². The van der Waals surface area contributed by atoms with E-state index in [9.17, 15) is 9.18 Å². The van der Waals surface area contributed by atoms with Gasteiger partial charge in [0, 0.05) is 13.7 Å². The van der Waals surface area contributed by atoms with E-state index in [1.165, 1.54) is 19.2 Å². The monoisotopic (exact) mass is 212 g/mol. The molecular weight excluding hydrogens is 199 g/mol. The SMILES string of the molecule is COC(CN)C(=O)Nc1ccccc1F. The van der Waals surface area contributed by atoms with Gasteiger partial charge in [0.05, 0.1) is 5.69 Å². The average Bonchev–Trinajstić information content (AvgIpc) is 2.23. The van der Waals surface area contributed by atoms with E-state index >= 15 is 0 Å². The first kappa shape index (κ1) is 11.6. The van der Waals surface area contributed by atoms with E-state index in [-0.39, 0.29) is 12.2 Å². The molecule has 0 aliphatic heterocycles. The lowest BCUT2D eigenvalue weighted by atomic mass is 10.2. The molecule has 82 valence electrons. The van der Waals surface area contributed by atoms with Crippen molar-refractivity contribution < 1.29 is 13.9 Å². The molecule has 1 rings (SSSR count). The quantitative estimate of drug-likeness (QED) is 0.773. The van der Waals surface area contributed by atoms with Gasteiger partial charge >= 0.3 is 0 Å². The van der Waals surface area contributed by atoms with Crippen molar-refractivity contribution in [2.45, 2.75) is 6.10 Å². The largest absolute Gasteiger partial charge is 0.370 e. The molecule has 0 heterocycles. The van der Waals surface area contributed by atoms with Gasteiger partial charge in [-0.3, -0.25) is 4.79 Å². The number of hydrogen-bond acceptors (Lipinski definition) is 3. The Bertz CT molecular complexity index is 340. The maximum Gasteiger partial charge on any atom is 0.254 e. The van der Waals surface area contributed by atoms with E-state index < -0.39 is 17.8 Å². The lowest BCUT2D eigenvalue weighted by Gasteiger charge is -2.13. The molecule has 15 heavy (non-hydrogen) atoms. The molecule has 0 saturated carbocycles. The number of rotatable bonds is 4. The average molecular weight is 212 g/mol. The Hall–Kier alpha value is -1.46. The molecule has 1 amide bonds. The fourth-order valence-electron chi connectivity index (χ4n) is 1.09. The van der Waals surface area contributed by atoms with E-state index in [1.807, 2.05) is 0 Å². The summed E-state index contributed by atoms with van der Waals surface area (Å²) in [6.45, 7) is 0.0524. The van der Waals surface area contributed by atoms with E-state index in [4.69, 9.17) is 10.5 Å². The van der Waals surface area contributed by atoms with Gasteiger partial charge in [-0.15, -0.1) is 0 Å². The van der Waals surface area contributed by atoms with Crippen molar-refractivity contribution in [3.63, 3.8) is 0 Å². The molecule has 0 aromatic heterocycles. The predicted molar refractivity (Wildman–Crippen MR) is 54.9 cm³/mol. The summed E-state index contributed by atoms with van der Waals surface area (Å²) in [5.74, 6) is -0.942. The second-order valence-electron chi connectivity index (χ2n) is 2.93. The second-order valence-corrected chi connectivity index (χ2v) is 2.93. The van der Waals surface area contributed by atoms with Crippen molar-refractivity contribution in [2.75, 3.05) is 19.0 Å². The minimum atomic E-state index is -0.760. The molecule has 0 aliphatic carbocycles. The zero-order chi connectivity index (χ0) is 11.3. The molecule has 5 heteroatoms. The Balaban J connectivity index is 2.70. The molecule has 0 aliphatic rings. The van der Waals surface area contributed by atoms with Gasteiger partial charge in [-0.2, -0.15) is 0 Å². The number of para-hydroxylation sites is 1. The van der Waals surface area contributed by atoms with Crippen LogP contribution in [0.4, 0.5) is 10.1 Å². The van der Waals surface area contributed by atoms with Gasteiger partial charge in [0.25, 0.3) is 5.91 Å². The standard InChI is InChI=1S/C10H13FN2O2/c1-15-9(6-12)10(14)13-8-5-3-2-4-7(8)11/h2-5,9H,6,12H2,1H3,(H,13,14). The number of carbonyl (C=O) groups is 1. The molecule has 1 aromatic carbocycles. The van der Waals surface area contributed by atoms with Gasteiger partial charge in [0.15, 0.2) is 0 Å². The number of methoxy groups -OCH3 is 1. The minimum absolute atomic E-state index is 0.0524. The summed E-state index contributed by atoms with van der Waals surface area (Å²) >= 11 is 0. The van der Waals surface area contributed by atoms with Crippen LogP contribution >= 0.6 is 0 Å². The van der Waals surface area contributed by atoms with E-state index in [0.29, 0.717) is 0 Å². The van der Waals surface area contributed by atoms with Crippen LogP contribution in [0, 0.1) is 5.82 Å². The summed E-state index contributed by atoms with van der Waals surface area (Å²) in [4.78, 5) is 11.4. The molecule has 0 saturated heterocycles. The number of nitrogens with one attached hydrogen (secondary N) is 1. The maximum atomic E-state index is 13.1. The minimum Gasteiger partial charge on any atom is -0.370 e. The lowest BCUT2D eigenvalue weighted by Crippen LogP contribution is -2.36. The molecule has 4 nitrogen and oxygen atoms in total. The Kier molecular flexibility index (Phi) is 4.20. The first-order valence-corrected chi connectivity index (χ1v) is 4.47. The Morgan fingerprint density at radius 2 is 2.27 bits per heavy atom. The summed E-state index contributed by atoms with van der Waals surface area (Å²) < 4.78 is 17.9. The number of amides is 1. The molecule has 3 N–H and O–H groups in total. The maximum absolute atomic E-state index is 13.1. The number of hydrogen-bond donors (Lipinski definition) is 2. The second kappa shape index (κ2) is 5.43. The van der Waals surface area contributed by atoms with Crippen LogP contribution in [0.15, 0.2) is 24.3 Å². The number of nitrogens with two attached hydrogens (primary N) is 1. The first-order chi connectivity index (χ1) is 7.19. The molecule has 1 atom stereocenters. The van der Waals surface area contributed by atoms with Crippen molar-refractivity contribution in [1.82, 2.24) is 0 Å². The van der Waals surface area contributed by atoms with Crippen LogP contribution in [-0.4, -0.2) is 25.7 Å². The molecule has 0 spiro atoms. The van der Waals surface area contributed by atoms with Crippen LogP contribution in [0.5, 0.6) is 0 Å². The smallest absolute Gasteiger partial charge is 0.254 e. The van der Waals surface area contributed by atoms with E-state index in [1.54, 1.807) is 12.1 Å². The van der Waals surface area contributed by atoms with Crippen molar-refractivity contribution in [1.29, 1.82) is 0 Å². The van der Waals surface area contributed by atoms with E-state index in [2.05, 4.69) is 5.32 Å². The lowest BCUT2D eigenvalue weighted by molar-refractivity contribution is -0.125. The van der Waals surface area contributed by atoms with Crippen molar-refractivity contribution >= 4 is 11.6 Å². The number of carbonyl (C=O) groups excluding carboxylic acids is 1. The Morgan fingerprint density at radius 3 is 2.80 bits per heavy atom. The highest BCUT2D eigenvalue weighted by molar-refractivity contribution is 5.94. The first-order valence-electron chi connectivity index (χ1n) is 4.47. The number of benzene rings is 1. The number of halogens is 1. The third kappa shape index (κ3) is 3.00. The molecule has 1 unspecified atom stereocenters. The molecular formula is C10H13FN2O2. The highest BCUT2D eigenvalue weighted by atomic mass is 19.1. The fourth-order valence-corrected chi connectivity index (χ4v) is 1.09. The highest BCUT2D eigenvalue weighted by Crippen LogP contribution is 2.12. The van der Waals surface area contributed by atoms with Crippen molar-refractivity contribution in [3.8, 4) is 0 Å². The van der Waals surface area contributed by atoms with Crippen LogP contribution in [0.25, 0.3) is 0 Å². The van der Waals surface area contributed by atoms with E-state index in [0.717, 1.165) is 0 Å². The third-order valence-electron chi connectivity index (χ3n) is 1.92. The Morgan fingerprint density at radius 1 is 1.60 bits per heavy atom. The highest BCUT2D eigenvalue weighted by Gasteiger charge is 2.16. The molecule has 1 aromatic rings. The number of ether oxygens (including phenoxy) is 1. The van der Waals surface area contributed by atoms with Gasteiger partial charge in [-0.1, -0.05) is 12.1 Å². The van der Waals surface area contributed by atoms with Crippen LogP contribution in [-0.2, 0) is 9.53 Å². The van der Waals surface area contributed by atoms with Crippen LogP contribution < -0.4 is 11.1 Å². The zero-order valence-corrected chi connectivity index (χ0v) is 8.37. The summed E-state index contributed by atoms with van der Waals surface area (Å²) in [6.07, 6.45) is -0.760. The molecule has 0 bridgehead atoms. The number of anilines is 1. The van der Waals surface area contributed by atoms with Gasteiger partial charge in [-0.05, 0) is 12.1 Å². The normalized spacial score (nSPS) is 12.2. The predicted octanol–water partition coefficient (Wildman–Crippen LogP) is 0.738. The topological polar surface area (TPSA) is 64.3 Å². The van der Waals surface area contributed by atoms with Crippen molar-refractivity contribution in [3.05, 3.63) is 30.1 Å². The van der Waals surface area contributed by atoms with Crippen LogP contribution in [0.3, 0.4) is 0 Å². The van der Waals surface area contributed by atoms with Gasteiger partial charge in [0.2, 0.25) is 0 Å². The van der Waals surface area contributed by atoms with Crippen LogP contribution in [0.2, 0.25) is 0 Å². The van der Waals surface area contributed by atoms with Gasteiger partial charge in [0.1, 0.15) is 11.9 Å².